The molecule has 0 aromatic rings. The molecule has 0 spiro atoms. The summed E-state index contributed by atoms with van der Waals surface area (Å²) in [5.74, 6) is -1.66. The maximum absolute atomic E-state index is 11.5. The van der Waals surface area contributed by atoms with Crippen LogP contribution >= 0.6 is 0 Å². The van der Waals surface area contributed by atoms with Crippen LogP contribution in [0.15, 0.2) is 0 Å². The van der Waals surface area contributed by atoms with Crippen LogP contribution < -0.4 is 5.32 Å². The first-order valence-electron chi connectivity index (χ1n) is 5.22. The highest BCUT2D eigenvalue weighted by Gasteiger charge is 2.26. The minimum Gasteiger partial charge on any atom is -0.467 e. The zero-order valence-electron chi connectivity index (χ0n) is 10.8. The molecular weight excluding hydrogens is 226 g/mol. The Morgan fingerprint density at radius 1 is 1.24 bits per heavy atom. The molecular formula is C11H19NO5. The molecule has 0 aromatic carbocycles. The highest BCUT2D eigenvalue weighted by molar-refractivity contribution is 5.87. The number of amides is 1. The van der Waals surface area contributed by atoms with Gasteiger partial charge in [-0.3, -0.25) is 9.59 Å². The molecule has 0 bridgehead atoms. The van der Waals surface area contributed by atoms with Crippen LogP contribution in [0.25, 0.3) is 0 Å². The van der Waals surface area contributed by atoms with Crippen molar-refractivity contribution in [3.05, 3.63) is 0 Å². The first-order valence-corrected chi connectivity index (χ1v) is 5.22. The molecule has 0 saturated heterocycles. The average molecular weight is 245 g/mol. The zero-order chi connectivity index (χ0) is 13.6. The van der Waals surface area contributed by atoms with E-state index in [0.29, 0.717) is 0 Å². The van der Waals surface area contributed by atoms with Gasteiger partial charge in [0.2, 0.25) is 5.91 Å². The topological polar surface area (TPSA) is 81.7 Å². The van der Waals surface area contributed by atoms with Gasteiger partial charge in [0.25, 0.3) is 0 Å². The molecule has 6 heteroatoms. The van der Waals surface area contributed by atoms with E-state index in [-0.39, 0.29) is 6.42 Å². The van der Waals surface area contributed by atoms with Gasteiger partial charge in [-0.15, -0.1) is 0 Å². The number of hydrogen-bond donors (Lipinski definition) is 1. The van der Waals surface area contributed by atoms with Gasteiger partial charge in [0.1, 0.15) is 11.6 Å². The highest BCUT2D eigenvalue weighted by atomic mass is 16.6. The van der Waals surface area contributed by atoms with Crippen LogP contribution in [0.2, 0.25) is 0 Å². The number of hydrogen-bond acceptors (Lipinski definition) is 5. The maximum Gasteiger partial charge on any atom is 0.328 e. The molecule has 0 radical (unpaired) electrons. The third kappa shape index (κ3) is 7.32. The van der Waals surface area contributed by atoms with Crippen molar-refractivity contribution >= 4 is 17.8 Å². The molecule has 17 heavy (non-hydrogen) atoms. The van der Waals surface area contributed by atoms with Crippen LogP contribution in [-0.4, -0.2) is 36.6 Å². The lowest BCUT2D eigenvalue weighted by Gasteiger charge is -2.21. The second-order valence-corrected chi connectivity index (χ2v) is 4.57. The quantitative estimate of drug-likeness (QED) is 0.725. The van der Waals surface area contributed by atoms with Crippen molar-refractivity contribution in [2.45, 2.75) is 45.8 Å². The summed E-state index contributed by atoms with van der Waals surface area (Å²) in [7, 11) is 1.19. The van der Waals surface area contributed by atoms with E-state index in [1.54, 1.807) is 20.8 Å². The highest BCUT2D eigenvalue weighted by Crippen LogP contribution is 2.09. The smallest absolute Gasteiger partial charge is 0.328 e. The van der Waals surface area contributed by atoms with Crippen LogP contribution in [0.1, 0.15) is 34.1 Å². The van der Waals surface area contributed by atoms with Crippen LogP contribution in [0.4, 0.5) is 0 Å². The molecule has 1 amide bonds. The lowest BCUT2D eigenvalue weighted by molar-refractivity contribution is -0.159. The predicted molar refractivity (Wildman–Crippen MR) is 60.1 cm³/mol. The van der Waals surface area contributed by atoms with Crippen LogP contribution in [0, 0.1) is 0 Å². The number of carbonyl (C=O) groups excluding carboxylic acids is 3. The summed E-state index contributed by atoms with van der Waals surface area (Å²) >= 11 is 0. The van der Waals surface area contributed by atoms with Gasteiger partial charge in [-0.1, -0.05) is 0 Å². The van der Waals surface area contributed by atoms with Gasteiger partial charge in [-0.05, 0) is 20.8 Å². The Labute approximate surface area is 101 Å². The summed E-state index contributed by atoms with van der Waals surface area (Å²) in [5.41, 5.74) is -0.631. The first kappa shape index (κ1) is 15.4. The van der Waals surface area contributed by atoms with E-state index < -0.39 is 29.5 Å². The Hall–Kier alpha value is -1.59. The van der Waals surface area contributed by atoms with Crippen molar-refractivity contribution in [3.8, 4) is 0 Å². The molecule has 1 atom stereocenters. The SMILES string of the molecule is COC(=O)[C@@H](CC(=O)OC(C)(C)C)NC(C)=O. The zero-order valence-corrected chi connectivity index (χ0v) is 10.8. The van der Waals surface area contributed by atoms with E-state index in [4.69, 9.17) is 4.74 Å². The molecule has 0 aliphatic heterocycles. The molecule has 0 aromatic heterocycles. The van der Waals surface area contributed by atoms with Crippen LogP contribution in [0.5, 0.6) is 0 Å². The Balaban J connectivity index is 4.48. The minimum atomic E-state index is -1.01. The van der Waals surface area contributed by atoms with Gasteiger partial charge in [0, 0.05) is 6.92 Å². The second-order valence-electron chi connectivity index (χ2n) is 4.57. The van der Waals surface area contributed by atoms with Crippen LogP contribution in [0.3, 0.4) is 0 Å². The van der Waals surface area contributed by atoms with Gasteiger partial charge in [0.15, 0.2) is 0 Å². The molecule has 0 rings (SSSR count). The molecule has 0 aliphatic carbocycles. The van der Waals surface area contributed by atoms with E-state index >= 15 is 0 Å². The molecule has 6 nitrogen and oxygen atoms in total. The summed E-state index contributed by atoms with van der Waals surface area (Å²) in [6.45, 7) is 6.41. The standard InChI is InChI=1S/C11H19NO5/c1-7(13)12-8(10(15)16-5)6-9(14)17-11(2,3)4/h8H,6H2,1-5H3,(H,12,13)/t8-/m1/s1. The summed E-state index contributed by atoms with van der Waals surface area (Å²) in [5, 5.41) is 2.33. The summed E-state index contributed by atoms with van der Waals surface area (Å²) in [4.78, 5) is 33.7. The predicted octanol–water partition coefficient (Wildman–Crippen LogP) is 0.396. The van der Waals surface area contributed by atoms with E-state index in [9.17, 15) is 14.4 Å². The largest absolute Gasteiger partial charge is 0.467 e. The second kappa shape index (κ2) is 6.22. The van der Waals surface area contributed by atoms with E-state index in [0.717, 1.165) is 0 Å². The van der Waals surface area contributed by atoms with Crippen LogP contribution in [-0.2, 0) is 23.9 Å². The normalized spacial score (nSPS) is 12.5. The van der Waals surface area contributed by atoms with Crippen molar-refractivity contribution in [2.24, 2.45) is 0 Å². The fourth-order valence-corrected chi connectivity index (χ4v) is 1.13. The lowest BCUT2D eigenvalue weighted by atomic mass is 10.1. The van der Waals surface area contributed by atoms with Crippen molar-refractivity contribution in [2.75, 3.05) is 7.11 Å². The summed E-state index contributed by atoms with van der Waals surface area (Å²) in [6.07, 6.45) is -0.247. The molecule has 0 aliphatic rings. The minimum absolute atomic E-state index is 0.247. The average Bonchev–Trinajstić information content (AvgIpc) is 2.11. The van der Waals surface area contributed by atoms with Gasteiger partial charge >= 0.3 is 11.9 Å². The number of rotatable bonds is 4. The number of carbonyl (C=O) groups is 3. The van der Waals surface area contributed by atoms with Crippen molar-refractivity contribution < 1.29 is 23.9 Å². The first-order chi connectivity index (χ1) is 7.65. The van der Waals surface area contributed by atoms with Gasteiger partial charge in [-0.25, -0.2) is 4.79 Å². The number of esters is 2. The molecule has 98 valence electrons. The van der Waals surface area contributed by atoms with E-state index in [1.807, 2.05) is 0 Å². The summed E-state index contributed by atoms with van der Waals surface area (Å²) < 4.78 is 9.53. The van der Waals surface area contributed by atoms with Crippen molar-refractivity contribution in [1.82, 2.24) is 5.32 Å². The number of nitrogens with one attached hydrogen (secondary N) is 1. The Morgan fingerprint density at radius 2 is 1.76 bits per heavy atom. The third-order valence-corrected chi connectivity index (χ3v) is 1.65. The molecule has 0 saturated carbocycles. The van der Waals surface area contributed by atoms with Crippen molar-refractivity contribution in [1.29, 1.82) is 0 Å². The fraction of sp³-hybridized carbons (Fsp3) is 0.727. The fourth-order valence-electron chi connectivity index (χ4n) is 1.13. The van der Waals surface area contributed by atoms with E-state index in [1.165, 1.54) is 14.0 Å². The Morgan fingerprint density at radius 3 is 2.12 bits per heavy atom. The van der Waals surface area contributed by atoms with Gasteiger partial charge in [-0.2, -0.15) is 0 Å². The molecule has 0 unspecified atom stereocenters. The molecule has 0 heterocycles. The third-order valence-electron chi connectivity index (χ3n) is 1.65. The monoisotopic (exact) mass is 245 g/mol. The Kier molecular flexibility index (Phi) is 5.64. The lowest BCUT2D eigenvalue weighted by Crippen LogP contribution is -2.42. The van der Waals surface area contributed by atoms with Crippen molar-refractivity contribution in [3.63, 3.8) is 0 Å². The van der Waals surface area contributed by atoms with Gasteiger partial charge < -0.3 is 14.8 Å². The Bertz CT molecular complexity index is 305. The van der Waals surface area contributed by atoms with E-state index in [2.05, 4.69) is 10.1 Å². The maximum atomic E-state index is 11.5. The summed E-state index contributed by atoms with van der Waals surface area (Å²) in [6, 6.07) is -1.01. The van der Waals surface area contributed by atoms with Gasteiger partial charge in [0.05, 0.1) is 13.5 Å². The number of methoxy groups -OCH3 is 1. The molecule has 1 N–H and O–H groups in total. The molecule has 0 fully saturated rings. The number of ether oxygens (including phenoxy) is 2.